The molecule has 1 aliphatic rings. The van der Waals surface area contributed by atoms with Gasteiger partial charge < -0.3 is 9.47 Å². The van der Waals surface area contributed by atoms with Crippen LogP contribution < -0.4 is 25.1 Å². The molecule has 0 radical (unpaired) electrons. The maximum Gasteiger partial charge on any atom is 0.214 e. The highest BCUT2D eigenvalue weighted by atomic mass is 16.5. The van der Waals surface area contributed by atoms with Crippen LogP contribution >= 0.6 is 0 Å². The summed E-state index contributed by atoms with van der Waals surface area (Å²) in [6, 6.07) is 14.9. The molecule has 0 aliphatic carbocycles. The van der Waals surface area contributed by atoms with Gasteiger partial charge in [0.2, 0.25) is 5.84 Å². The Bertz CT molecular complexity index is 787. The van der Waals surface area contributed by atoms with Crippen molar-refractivity contribution in [2.45, 2.75) is 20.8 Å². The van der Waals surface area contributed by atoms with Crippen molar-refractivity contribution < 1.29 is 14.3 Å². The van der Waals surface area contributed by atoms with Gasteiger partial charge in [0.1, 0.15) is 11.5 Å². The van der Waals surface area contributed by atoms with Gasteiger partial charge in [0.25, 0.3) is 0 Å². The monoisotopic (exact) mass is 354 g/mol. The van der Waals surface area contributed by atoms with E-state index in [0.29, 0.717) is 19.0 Å². The van der Waals surface area contributed by atoms with Crippen molar-refractivity contribution >= 4 is 23.0 Å². The van der Waals surface area contributed by atoms with Crippen molar-refractivity contribution in [3.8, 4) is 11.5 Å². The normalized spacial score (nSPS) is 13.6. The summed E-state index contributed by atoms with van der Waals surface area (Å²) in [5.74, 6) is 1.73. The van der Waals surface area contributed by atoms with E-state index in [1.165, 1.54) is 6.92 Å². The van der Waals surface area contributed by atoms with Crippen molar-refractivity contribution in [1.29, 1.82) is 0 Å². The second kappa shape index (κ2) is 7.88. The number of hydrogen-bond donors (Lipinski definition) is 1. The van der Waals surface area contributed by atoms with Gasteiger partial charge in [0, 0.05) is 6.92 Å². The van der Waals surface area contributed by atoms with Crippen LogP contribution in [0.3, 0.4) is 0 Å². The highest BCUT2D eigenvalue weighted by molar-refractivity contribution is 6.43. The van der Waals surface area contributed by atoms with Gasteiger partial charge in [-0.05, 0) is 62.4 Å². The molecule has 26 heavy (non-hydrogen) atoms. The lowest BCUT2D eigenvalue weighted by atomic mass is 10.2. The van der Waals surface area contributed by atoms with E-state index >= 15 is 0 Å². The predicted molar refractivity (Wildman–Crippen MR) is 101 cm³/mol. The minimum atomic E-state index is -0.139. The van der Waals surface area contributed by atoms with Crippen LogP contribution in [0.25, 0.3) is 0 Å². The standard InChI is InChI=1S/C19H22N4O3/c1-4-25-17-10-6-15(7-11-17)22-19(14(3)24)20-23(21-22)16-8-12-18(13-9-16)26-5-2/h6-13,21H,4-5H2,1-3H3. The van der Waals surface area contributed by atoms with Crippen LogP contribution in [0.1, 0.15) is 20.8 Å². The van der Waals surface area contributed by atoms with Crippen LogP contribution in [0.5, 0.6) is 11.5 Å². The number of benzene rings is 2. The Kier molecular flexibility index (Phi) is 5.38. The number of ether oxygens (including phenoxy) is 2. The Morgan fingerprint density at radius 3 is 1.88 bits per heavy atom. The van der Waals surface area contributed by atoms with E-state index in [2.05, 4.69) is 10.6 Å². The highest BCUT2D eigenvalue weighted by Gasteiger charge is 2.28. The topological polar surface area (TPSA) is 66.4 Å². The summed E-state index contributed by atoms with van der Waals surface area (Å²) in [6.45, 7) is 6.58. The number of hydrazine groups is 2. The number of hydrogen-bond acceptors (Lipinski definition) is 7. The van der Waals surface area contributed by atoms with E-state index in [1.807, 2.05) is 62.4 Å². The molecule has 136 valence electrons. The Hall–Kier alpha value is -3.06. The number of rotatable bonds is 7. The van der Waals surface area contributed by atoms with E-state index in [0.717, 1.165) is 22.9 Å². The molecule has 0 bridgehead atoms. The Morgan fingerprint density at radius 2 is 1.42 bits per heavy atom. The predicted octanol–water partition coefficient (Wildman–Crippen LogP) is 3.13. The first-order valence-corrected chi connectivity index (χ1v) is 8.54. The van der Waals surface area contributed by atoms with Gasteiger partial charge in [-0.15, -0.1) is 10.6 Å². The molecule has 2 aromatic carbocycles. The molecule has 0 spiro atoms. The summed E-state index contributed by atoms with van der Waals surface area (Å²) in [4.78, 5) is 12.0. The summed E-state index contributed by atoms with van der Waals surface area (Å²) >= 11 is 0. The summed E-state index contributed by atoms with van der Waals surface area (Å²) in [7, 11) is 0. The fourth-order valence-electron chi connectivity index (χ4n) is 2.54. The van der Waals surface area contributed by atoms with Crippen molar-refractivity contribution in [2.24, 2.45) is 5.10 Å². The SMILES string of the molecule is CCOc1ccc(N2N=C(C(C)=O)N(c3ccc(OCC)cc3)N2)cc1. The molecule has 0 unspecified atom stereocenters. The molecular formula is C19H22N4O3. The quantitative estimate of drug-likeness (QED) is 0.824. The van der Waals surface area contributed by atoms with Gasteiger partial charge in [0.05, 0.1) is 24.6 Å². The zero-order chi connectivity index (χ0) is 18.5. The summed E-state index contributed by atoms with van der Waals surface area (Å²) in [5.41, 5.74) is 4.70. The van der Waals surface area contributed by atoms with E-state index < -0.39 is 0 Å². The molecule has 0 fully saturated rings. The fourth-order valence-corrected chi connectivity index (χ4v) is 2.54. The first-order valence-electron chi connectivity index (χ1n) is 8.54. The minimum Gasteiger partial charge on any atom is -0.494 e. The summed E-state index contributed by atoms with van der Waals surface area (Å²) in [5, 5.41) is 7.60. The second-order valence-corrected chi connectivity index (χ2v) is 5.58. The van der Waals surface area contributed by atoms with E-state index in [1.54, 1.807) is 10.1 Å². The summed E-state index contributed by atoms with van der Waals surface area (Å²) in [6.07, 6.45) is 0. The van der Waals surface area contributed by atoms with Crippen molar-refractivity contribution in [3.63, 3.8) is 0 Å². The lowest BCUT2D eigenvalue weighted by Gasteiger charge is -2.21. The number of carbonyl (C=O) groups excluding carboxylic acids is 1. The molecule has 1 aliphatic heterocycles. The van der Waals surface area contributed by atoms with Crippen LogP contribution in [0, 0.1) is 0 Å². The maximum atomic E-state index is 12.0. The minimum absolute atomic E-state index is 0.139. The molecule has 7 heteroatoms. The molecule has 2 aromatic rings. The van der Waals surface area contributed by atoms with Crippen molar-refractivity contribution in [2.75, 3.05) is 23.3 Å². The van der Waals surface area contributed by atoms with Crippen LogP contribution in [0.2, 0.25) is 0 Å². The largest absolute Gasteiger partial charge is 0.494 e. The van der Waals surface area contributed by atoms with Crippen molar-refractivity contribution in [3.05, 3.63) is 48.5 Å². The first-order chi connectivity index (χ1) is 12.6. The van der Waals surface area contributed by atoms with Crippen molar-refractivity contribution in [1.82, 2.24) is 5.53 Å². The molecule has 1 N–H and O–H groups in total. The average Bonchev–Trinajstić information content (AvgIpc) is 3.09. The maximum absolute atomic E-state index is 12.0. The number of amidine groups is 1. The third-order valence-corrected chi connectivity index (χ3v) is 3.71. The van der Waals surface area contributed by atoms with Crippen LogP contribution in [-0.4, -0.2) is 24.8 Å². The van der Waals surface area contributed by atoms with Gasteiger partial charge in [-0.25, -0.2) is 5.01 Å². The zero-order valence-corrected chi connectivity index (χ0v) is 15.1. The fraction of sp³-hybridized carbons (Fsp3) is 0.263. The molecule has 3 rings (SSSR count). The van der Waals surface area contributed by atoms with Gasteiger partial charge in [-0.1, -0.05) is 0 Å². The molecule has 0 saturated heterocycles. The number of nitrogens with zero attached hydrogens (tertiary/aromatic N) is 3. The number of hydrazone groups is 1. The van der Waals surface area contributed by atoms with Gasteiger partial charge in [-0.2, -0.15) is 5.12 Å². The van der Waals surface area contributed by atoms with Crippen LogP contribution in [0.15, 0.2) is 53.6 Å². The van der Waals surface area contributed by atoms with E-state index in [9.17, 15) is 4.79 Å². The number of ketones is 1. The third-order valence-electron chi connectivity index (χ3n) is 3.71. The summed E-state index contributed by atoms with van der Waals surface area (Å²) < 4.78 is 10.9. The number of Topliss-reactive ketones (excluding diaryl/α,β-unsaturated/α-hetero) is 1. The molecule has 0 aromatic heterocycles. The van der Waals surface area contributed by atoms with Crippen LogP contribution in [-0.2, 0) is 4.79 Å². The molecule has 0 saturated carbocycles. The van der Waals surface area contributed by atoms with Gasteiger partial charge >= 0.3 is 0 Å². The Morgan fingerprint density at radius 1 is 0.923 bits per heavy atom. The lowest BCUT2D eigenvalue weighted by molar-refractivity contribution is -0.111. The van der Waals surface area contributed by atoms with Gasteiger partial charge in [0.15, 0.2) is 5.78 Å². The number of anilines is 2. The average molecular weight is 354 g/mol. The van der Waals surface area contributed by atoms with E-state index in [-0.39, 0.29) is 5.78 Å². The molecule has 7 nitrogen and oxygen atoms in total. The van der Waals surface area contributed by atoms with Gasteiger partial charge in [-0.3, -0.25) is 4.79 Å². The molecule has 1 heterocycles. The van der Waals surface area contributed by atoms with Crippen LogP contribution in [0.4, 0.5) is 11.4 Å². The Labute approximate surface area is 152 Å². The van der Waals surface area contributed by atoms with E-state index in [4.69, 9.17) is 9.47 Å². The smallest absolute Gasteiger partial charge is 0.214 e. The molecular weight excluding hydrogens is 332 g/mol. The second-order valence-electron chi connectivity index (χ2n) is 5.58. The zero-order valence-electron chi connectivity index (χ0n) is 15.1. The number of carbonyl (C=O) groups is 1. The first kappa shape index (κ1) is 17.8. The third kappa shape index (κ3) is 3.78. The Balaban J connectivity index is 1.82. The molecule has 0 amide bonds. The number of nitrogens with one attached hydrogen (secondary N) is 1. The highest BCUT2D eigenvalue weighted by Crippen LogP contribution is 2.25. The lowest BCUT2D eigenvalue weighted by Crippen LogP contribution is -2.45. The molecule has 0 atom stereocenters.